The molecule has 0 amide bonds. The fourth-order valence-corrected chi connectivity index (χ4v) is 1.37. The highest BCUT2D eigenvalue weighted by Gasteiger charge is 2.27. The first kappa shape index (κ1) is 21.8. The zero-order valence-corrected chi connectivity index (χ0v) is 14.8. The average Bonchev–Trinajstić information content (AvgIpc) is 2.42. The Morgan fingerprint density at radius 3 is 1.24 bits per heavy atom. The van der Waals surface area contributed by atoms with Crippen molar-refractivity contribution >= 4 is 39.5 Å². The largest absolute Gasteiger partial charge is 0.495 e. The van der Waals surface area contributed by atoms with E-state index in [1.807, 2.05) is 6.92 Å². The van der Waals surface area contributed by atoms with Crippen molar-refractivity contribution in [2.45, 2.75) is 6.92 Å². The summed E-state index contributed by atoms with van der Waals surface area (Å²) >= 11 is 16.3. The van der Waals surface area contributed by atoms with Gasteiger partial charge in [-0.05, 0) is 6.92 Å². The lowest BCUT2D eigenvalue weighted by Crippen LogP contribution is -2.19. The second-order valence-electron chi connectivity index (χ2n) is 3.13. The minimum absolute atomic E-state index is 0.00300. The number of ether oxygens (including phenoxy) is 7. The van der Waals surface area contributed by atoms with Crippen molar-refractivity contribution in [3.05, 3.63) is 0 Å². The quantitative estimate of drug-likeness (QED) is 0.172. The Morgan fingerprint density at radius 2 is 0.905 bits per heavy atom. The van der Waals surface area contributed by atoms with Crippen molar-refractivity contribution < 1.29 is 37.6 Å². The summed E-state index contributed by atoms with van der Waals surface area (Å²) in [5, 5.41) is 0. The predicted molar refractivity (Wildman–Crippen MR) is 76.6 cm³/mol. The molecule has 0 aromatic rings. The summed E-state index contributed by atoms with van der Waals surface area (Å²) < 4.78 is 39.3. The third kappa shape index (κ3) is 20.8. The molecule has 0 aliphatic heterocycles. The predicted octanol–water partition coefficient (Wildman–Crippen LogP) is 1.99. The van der Waals surface area contributed by atoms with Crippen LogP contribution in [0, 0.1) is 0 Å². The molecule has 0 aromatic heterocycles. The Hall–Kier alpha value is 0.767. The van der Waals surface area contributed by atoms with E-state index in [0.29, 0.717) is 6.61 Å². The fourth-order valence-electron chi connectivity index (χ4n) is 0.749. The maximum atomic E-state index is 5.45. The lowest BCUT2D eigenvalue weighted by Gasteiger charge is -2.10. The molecule has 0 saturated heterocycles. The molecular formula is C9H19Cl3O8Si. The van der Waals surface area contributed by atoms with Crippen LogP contribution in [-0.2, 0) is 37.6 Å². The molecular weight excluding hydrogens is 371 g/mol. The van der Waals surface area contributed by atoms with Crippen LogP contribution in [0.4, 0.5) is 0 Å². The summed E-state index contributed by atoms with van der Waals surface area (Å²) in [6.45, 7) is 2.52. The maximum absolute atomic E-state index is 5.45. The Balaban J connectivity index is 3.00. The summed E-state index contributed by atoms with van der Waals surface area (Å²) in [6.07, 6.45) is -3.11. The van der Waals surface area contributed by atoms with Crippen LogP contribution in [0.5, 0.6) is 0 Å². The van der Waals surface area contributed by atoms with E-state index in [0.717, 1.165) is 0 Å². The normalized spacial score (nSPS) is 12.0. The van der Waals surface area contributed by atoms with E-state index in [1.54, 1.807) is 0 Å². The molecule has 0 atom stereocenters. The molecule has 0 rings (SSSR count). The molecule has 128 valence electrons. The van der Waals surface area contributed by atoms with Crippen LogP contribution in [0.2, 0.25) is 0 Å². The standard InChI is InChI=1S/C9H19Cl3O8Si/c1-2-13-3-14-4-15-5-16-6-17-7-18-8-19-9-20-21(10,11)12/h2-9H2,1H3. The van der Waals surface area contributed by atoms with Crippen molar-refractivity contribution in [3.8, 4) is 0 Å². The lowest BCUT2D eigenvalue weighted by molar-refractivity contribution is -0.218. The Bertz CT molecular complexity index is 222. The zero-order valence-electron chi connectivity index (χ0n) is 11.6. The highest BCUT2D eigenvalue weighted by Crippen LogP contribution is 2.20. The highest BCUT2D eigenvalue weighted by atomic mass is 35.8. The molecule has 0 heterocycles. The van der Waals surface area contributed by atoms with E-state index in [9.17, 15) is 0 Å². The van der Waals surface area contributed by atoms with Crippen LogP contribution in [0.1, 0.15) is 6.92 Å². The minimum atomic E-state index is -3.11. The van der Waals surface area contributed by atoms with Crippen LogP contribution in [0.25, 0.3) is 0 Å². The van der Waals surface area contributed by atoms with Gasteiger partial charge in [0.25, 0.3) is 0 Å². The first-order chi connectivity index (χ1) is 10.1. The van der Waals surface area contributed by atoms with E-state index < -0.39 is 6.25 Å². The SMILES string of the molecule is CCOCOCOCOCOCOCOCO[Si](Cl)(Cl)Cl. The van der Waals surface area contributed by atoms with E-state index in [-0.39, 0.29) is 47.6 Å². The van der Waals surface area contributed by atoms with Crippen molar-refractivity contribution in [1.29, 1.82) is 0 Å². The molecule has 0 unspecified atom stereocenters. The number of hydrogen-bond donors (Lipinski definition) is 0. The zero-order chi connectivity index (χ0) is 15.8. The van der Waals surface area contributed by atoms with Crippen molar-refractivity contribution in [3.63, 3.8) is 0 Å². The second-order valence-corrected chi connectivity index (χ2v) is 10.8. The average molecular weight is 390 g/mol. The van der Waals surface area contributed by atoms with E-state index in [2.05, 4.69) is 0 Å². The number of halogens is 3. The molecule has 0 spiro atoms. The van der Waals surface area contributed by atoms with Gasteiger partial charge in [0, 0.05) is 6.61 Å². The van der Waals surface area contributed by atoms with Gasteiger partial charge in [-0.15, -0.1) is 0 Å². The Morgan fingerprint density at radius 1 is 0.571 bits per heavy atom. The lowest BCUT2D eigenvalue weighted by atomic mass is 10.9. The van der Waals surface area contributed by atoms with Gasteiger partial charge in [-0.25, -0.2) is 0 Å². The van der Waals surface area contributed by atoms with Gasteiger partial charge in [0.2, 0.25) is 0 Å². The smallest absolute Gasteiger partial charge is 0.357 e. The van der Waals surface area contributed by atoms with Gasteiger partial charge in [-0.2, -0.15) is 0 Å². The molecule has 0 aliphatic carbocycles. The minimum Gasteiger partial charge on any atom is -0.357 e. The molecule has 12 heteroatoms. The molecule has 0 aliphatic rings. The van der Waals surface area contributed by atoms with Crippen LogP contribution in [0.3, 0.4) is 0 Å². The van der Waals surface area contributed by atoms with Crippen molar-refractivity contribution in [1.82, 2.24) is 0 Å². The molecule has 21 heavy (non-hydrogen) atoms. The maximum Gasteiger partial charge on any atom is 0.495 e. The fraction of sp³-hybridized carbons (Fsp3) is 1.00. The summed E-state index contributed by atoms with van der Waals surface area (Å²) in [5.74, 6) is 0. The Labute approximate surface area is 138 Å². The Kier molecular flexibility index (Phi) is 16.2. The van der Waals surface area contributed by atoms with Gasteiger partial charge >= 0.3 is 6.25 Å². The van der Waals surface area contributed by atoms with Gasteiger partial charge < -0.3 is 37.6 Å². The molecule has 0 radical (unpaired) electrons. The van der Waals surface area contributed by atoms with Gasteiger partial charge in [-0.3, -0.25) is 0 Å². The second kappa shape index (κ2) is 15.7. The summed E-state index contributed by atoms with van der Waals surface area (Å²) in [6, 6.07) is 0. The van der Waals surface area contributed by atoms with E-state index in [4.69, 9.17) is 70.8 Å². The molecule has 0 saturated carbocycles. The molecule has 0 aromatic carbocycles. The van der Waals surface area contributed by atoms with Crippen molar-refractivity contribution in [2.24, 2.45) is 0 Å². The van der Waals surface area contributed by atoms with Crippen LogP contribution in [0.15, 0.2) is 0 Å². The van der Waals surface area contributed by atoms with Gasteiger partial charge in [0.15, 0.2) is 34.0 Å². The third-order valence-electron chi connectivity index (χ3n) is 1.51. The van der Waals surface area contributed by atoms with Gasteiger partial charge in [-0.1, -0.05) is 33.2 Å². The summed E-state index contributed by atoms with van der Waals surface area (Å²) in [5.41, 5.74) is 0. The molecule has 8 nitrogen and oxygen atoms in total. The van der Waals surface area contributed by atoms with E-state index >= 15 is 0 Å². The molecule has 0 fully saturated rings. The summed E-state index contributed by atoms with van der Waals surface area (Å²) in [4.78, 5) is 0. The molecule has 0 N–H and O–H groups in total. The highest BCUT2D eigenvalue weighted by molar-refractivity contribution is 7.62. The topological polar surface area (TPSA) is 73.8 Å². The van der Waals surface area contributed by atoms with Crippen LogP contribution >= 0.6 is 33.2 Å². The number of hydrogen-bond acceptors (Lipinski definition) is 8. The van der Waals surface area contributed by atoms with Gasteiger partial charge in [0.05, 0.1) is 0 Å². The van der Waals surface area contributed by atoms with E-state index in [1.165, 1.54) is 0 Å². The first-order valence-corrected chi connectivity index (χ1v) is 10.8. The van der Waals surface area contributed by atoms with Crippen molar-refractivity contribution in [2.75, 3.05) is 54.2 Å². The van der Waals surface area contributed by atoms with Gasteiger partial charge in [0.1, 0.15) is 13.6 Å². The number of rotatable bonds is 16. The van der Waals surface area contributed by atoms with Crippen LogP contribution < -0.4 is 0 Å². The third-order valence-corrected chi connectivity index (χ3v) is 2.94. The van der Waals surface area contributed by atoms with Crippen LogP contribution in [-0.4, -0.2) is 60.4 Å². The first-order valence-electron chi connectivity index (χ1n) is 5.81. The monoisotopic (exact) mass is 388 g/mol. The summed E-state index contributed by atoms with van der Waals surface area (Å²) in [7, 11) is 0. The molecule has 0 bridgehead atoms.